The first kappa shape index (κ1) is 17.1. The molecule has 2 aromatic carbocycles. The van der Waals surface area contributed by atoms with E-state index in [-0.39, 0.29) is 11.8 Å². The third-order valence-electron chi connectivity index (χ3n) is 4.82. The van der Waals surface area contributed by atoms with E-state index in [1.165, 1.54) is 11.1 Å². The molecule has 0 saturated carbocycles. The first-order chi connectivity index (χ1) is 11.8. The Kier molecular flexibility index (Phi) is 4.29. The Morgan fingerprint density at radius 2 is 1.76 bits per heavy atom. The van der Waals surface area contributed by atoms with Gasteiger partial charge in [-0.1, -0.05) is 38.1 Å². The Morgan fingerprint density at radius 1 is 1.08 bits per heavy atom. The minimum absolute atomic E-state index is 0.0486. The van der Waals surface area contributed by atoms with Crippen molar-refractivity contribution < 1.29 is 4.79 Å². The molecule has 25 heavy (non-hydrogen) atoms. The molecule has 1 aliphatic heterocycles. The fourth-order valence-corrected chi connectivity index (χ4v) is 3.31. The van der Waals surface area contributed by atoms with Crippen LogP contribution in [0.2, 0.25) is 0 Å². The van der Waals surface area contributed by atoms with E-state index in [0.717, 1.165) is 16.7 Å². The highest BCUT2D eigenvalue weighted by molar-refractivity contribution is 6.00. The number of nitrogens with two attached hydrogens (primary N) is 2. The van der Waals surface area contributed by atoms with Crippen LogP contribution in [0.5, 0.6) is 0 Å². The van der Waals surface area contributed by atoms with Gasteiger partial charge in [-0.15, -0.1) is 0 Å². The number of nitrogens with zero attached hydrogens (tertiary/aromatic N) is 1. The fraction of sp³-hybridized carbons (Fsp3) is 0.286. The molecule has 0 atom stereocenters. The summed E-state index contributed by atoms with van der Waals surface area (Å²) in [5.74, 6) is 0.188. The molecule has 1 amide bonds. The van der Waals surface area contributed by atoms with Gasteiger partial charge in [-0.2, -0.15) is 0 Å². The highest BCUT2D eigenvalue weighted by atomic mass is 16.2. The van der Waals surface area contributed by atoms with Crippen molar-refractivity contribution in [3.05, 3.63) is 64.7 Å². The van der Waals surface area contributed by atoms with Crippen molar-refractivity contribution in [1.29, 1.82) is 0 Å². The molecule has 0 fully saturated rings. The Hall–Kier alpha value is -2.75. The molecule has 4 nitrogen and oxygen atoms in total. The molecule has 2 aromatic rings. The molecule has 1 heterocycles. The van der Waals surface area contributed by atoms with E-state index in [9.17, 15) is 4.79 Å². The number of carbonyl (C=O) groups excluding carboxylic acids is 1. The number of anilines is 2. The minimum atomic E-state index is -0.0486. The predicted octanol–water partition coefficient (Wildman–Crippen LogP) is 4.16. The summed E-state index contributed by atoms with van der Waals surface area (Å²) in [7, 11) is 0. The number of rotatable bonds is 3. The van der Waals surface area contributed by atoms with E-state index >= 15 is 0 Å². The number of nitrogen functional groups attached to an aromatic ring is 2. The summed E-state index contributed by atoms with van der Waals surface area (Å²) in [6.45, 7) is 11.3. The van der Waals surface area contributed by atoms with E-state index in [2.05, 4.69) is 38.6 Å². The maximum Gasteiger partial charge on any atom is 0.256 e. The summed E-state index contributed by atoms with van der Waals surface area (Å²) in [6, 6.07) is 9.81. The van der Waals surface area contributed by atoms with Crippen molar-refractivity contribution in [3.8, 4) is 0 Å². The normalized spacial score (nSPS) is 13.2. The number of hydrogen-bond donors (Lipinski definition) is 2. The Labute approximate surface area is 149 Å². The lowest BCUT2D eigenvalue weighted by atomic mass is 9.97. The molecule has 0 radical (unpaired) electrons. The number of carbonyl (C=O) groups is 1. The van der Waals surface area contributed by atoms with Crippen molar-refractivity contribution in [2.45, 2.75) is 39.8 Å². The summed E-state index contributed by atoms with van der Waals surface area (Å²) < 4.78 is 0. The molecule has 130 valence electrons. The largest absolute Gasteiger partial charge is 0.398 e. The van der Waals surface area contributed by atoms with Crippen LogP contribution in [0.15, 0.2) is 36.9 Å². The molecule has 4 N–H and O–H groups in total. The molecule has 0 aliphatic carbocycles. The third kappa shape index (κ3) is 3.12. The molecule has 0 saturated heterocycles. The van der Waals surface area contributed by atoms with Crippen LogP contribution in [-0.2, 0) is 13.1 Å². The van der Waals surface area contributed by atoms with Crippen LogP contribution in [0.1, 0.15) is 59.3 Å². The summed E-state index contributed by atoms with van der Waals surface area (Å²) >= 11 is 0. The van der Waals surface area contributed by atoms with Crippen LogP contribution < -0.4 is 11.5 Å². The lowest BCUT2D eigenvalue weighted by Crippen LogP contribution is -2.26. The van der Waals surface area contributed by atoms with Crippen molar-refractivity contribution in [2.24, 2.45) is 0 Å². The average molecular weight is 335 g/mol. The fourth-order valence-electron chi connectivity index (χ4n) is 3.31. The highest BCUT2D eigenvalue weighted by Gasteiger charge is 2.26. The predicted molar refractivity (Wildman–Crippen MR) is 104 cm³/mol. The maximum absolute atomic E-state index is 13.0. The van der Waals surface area contributed by atoms with E-state index in [1.54, 1.807) is 6.07 Å². The SMILES string of the molecule is C=C(C)c1ccc2c(c1)CN(C(=O)c1cc(C(C)C)c(N)cc1N)C2. The first-order valence-corrected chi connectivity index (χ1v) is 8.53. The molecule has 0 spiro atoms. The van der Waals surface area contributed by atoms with E-state index < -0.39 is 0 Å². The second-order valence-corrected chi connectivity index (χ2v) is 7.15. The van der Waals surface area contributed by atoms with Crippen LogP contribution in [0.3, 0.4) is 0 Å². The summed E-state index contributed by atoms with van der Waals surface area (Å²) in [5.41, 5.74) is 19.2. The number of allylic oxidation sites excluding steroid dienone is 1. The van der Waals surface area contributed by atoms with Crippen LogP contribution in [0.4, 0.5) is 11.4 Å². The van der Waals surface area contributed by atoms with Gasteiger partial charge < -0.3 is 16.4 Å². The topological polar surface area (TPSA) is 72.3 Å². The van der Waals surface area contributed by atoms with Crippen LogP contribution in [-0.4, -0.2) is 10.8 Å². The smallest absolute Gasteiger partial charge is 0.256 e. The van der Waals surface area contributed by atoms with Crippen molar-refractivity contribution in [3.63, 3.8) is 0 Å². The van der Waals surface area contributed by atoms with Gasteiger partial charge in [0, 0.05) is 24.5 Å². The van der Waals surface area contributed by atoms with Crippen LogP contribution in [0.25, 0.3) is 5.57 Å². The molecule has 0 unspecified atom stereocenters. The van der Waals surface area contributed by atoms with Gasteiger partial charge in [0.05, 0.1) is 5.56 Å². The minimum Gasteiger partial charge on any atom is -0.398 e. The summed E-state index contributed by atoms with van der Waals surface area (Å²) in [4.78, 5) is 14.9. The van der Waals surface area contributed by atoms with Gasteiger partial charge >= 0.3 is 0 Å². The molecule has 3 rings (SSSR count). The van der Waals surface area contributed by atoms with Crippen molar-refractivity contribution in [1.82, 2.24) is 4.90 Å². The zero-order valence-electron chi connectivity index (χ0n) is 15.1. The zero-order chi connectivity index (χ0) is 18.3. The van der Waals surface area contributed by atoms with Gasteiger partial charge in [-0.3, -0.25) is 4.79 Å². The maximum atomic E-state index is 13.0. The van der Waals surface area contributed by atoms with Gasteiger partial charge in [0.1, 0.15) is 0 Å². The van der Waals surface area contributed by atoms with Gasteiger partial charge in [0.25, 0.3) is 5.91 Å². The molecule has 4 heteroatoms. The van der Waals surface area contributed by atoms with E-state index in [1.807, 2.05) is 17.9 Å². The van der Waals surface area contributed by atoms with Gasteiger partial charge in [0.2, 0.25) is 0 Å². The molecule has 0 bridgehead atoms. The third-order valence-corrected chi connectivity index (χ3v) is 4.82. The lowest BCUT2D eigenvalue weighted by Gasteiger charge is -2.19. The van der Waals surface area contributed by atoms with Gasteiger partial charge in [0.15, 0.2) is 0 Å². The molecular formula is C21H25N3O. The molecular weight excluding hydrogens is 310 g/mol. The zero-order valence-corrected chi connectivity index (χ0v) is 15.1. The lowest BCUT2D eigenvalue weighted by molar-refractivity contribution is 0.0752. The van der Waals surface area contributed by atoms with Crippen LogP contribution in [0, 0.1) is 0 Å². The molecule has 1 aliphatic rings. The monoisotopic (exact) mass is 335 g/mol. The summed E-state index contributed by atoms with van der Waals surface area (Å²) in [5, 5.41) is 0. The number of hydrogen-bond acceptors (Lipinski definition) is 3. The number of fused-ring (bicyclic) bond motifs is 1. The summed E-state index contributed by atoms with van der Waals surface area (Å²) in [6.07, 6.45) is 0. The Morgan fingerprint density at radius 3 is 2.40 bits per heavy atom. The number of amides is 1. The molecule has 0 aromatic heterocycles. The standard InChI is InChI=1S/C21H25N3O/c1-12(2)14-5-6-15-10-24(11-16(15)7-14)21(25)18-8-17(13(3)4)19(22)9-20(18)23/h5-9,13H,1,10-11,22-23H2,2-4H3. The van der Waals surface area contributed by atoms with Gasteiger partial charge in [-0.25, -0.2) is 0 Å². The quantitative estimate of drug-likeness (QED) is 0.827. The van der Waals surface area contributed by atoms with Crippen molar-refractivity contribution >= 4 is 22.9 Å². The Balaban J connectivity index is 1.90. The van der Waals surface area contributed by atoms with Crippen LogP contribution >= 0.6 is 0 Å². The van der Waals surface area contributed by atoms with E-state index in [4.69, 9.17) is 11.5 Å². The van der Waals surface area contributed by atoms with Gasteiger partial charge in [-0.05, 0) is 53.3 Å². The van der Waals surface area contributed by atoms with Crippen molar-refractivity contribution in [2.75, 3.05) is 11.5 Å². The second-order valence-electron chi connectivity index (χ2n) is 7.15. The average Bonchev–Trinajstić information content (AvgIpc) is 2.96. The second kappa shape index (κ2) is 6.28. The van der Waals surface area contributed by atoms with E-state index in [0.29, 0.717) is 30.0 Å². The Bertz CT molecular complexity index is 868. The highest BCUT2D eigenvalue weighted by Crippen LogP contribution is 2.31. The number of benzene rings is 2. The first-order valence-electron chi connectivity index (χ1n) is 8.53.